The lowest BCUT2D eigenvalue weighted by Crippen LogP contribution is -2.24. The summed E-state index contributed by atoms with van der Waals surface area (Å²) >= 11 is 0. The van der Waals surface area contributed by atoms with Gasteiger partial charge in [0.05, 0.1) is 5.92 Å². The summed E-state index contributed by atoms with van der Waals surface area (Å²) in [6, 6.07) is 10.2. The zero-order chi connectivity index (χ0) is 19.7. The van der Waals surface area contributed by atoms with Gasteiger partial charge in [-0.3, -0.25) is 4.79 Å². The highest BCUT2D eigenvalue weighted by molar-refractivity contribution is 5.96. The maximum absolute atomic E-state index is 13.5. The fraction of sp³-hybridized carbons (Fsp3) is 0.250. The fourth-order valence-corrected chi connectivity index (χ4v) is 3.09. The molecule has 1 aliphatic heterocycles. The van der Waals surface area contributed by atoms with Crippen molar-refractivity contribution in [3.63, 3.8) is 0 Å². The molecule has 0 aliphatic carbocycles. The van der Waals surface area contributed by atoms with E-state index in [1.807, 2.05) is 0 Å². The third-order valence-electron chi connectivity index (χ3n) is 4.59. The maximum Gasteiger partial charge on any atom is 0.232 e. The predicted octanol–water partition coefficient (Wildman–Crippen LogP) is 3.76. The van der Waals surface area contributed by atoms with Crippen LogP contribution >= 0.6 is 0 Å². The Labute approximate surface area is 159 Å². The molecule has 1 fully saturated rings. The van der Waals surface area contributed by atoms with E-state index in [4.69, 9.17) is 9.26 Å². The Morgan fingerprint density at radius 3 is 2.75 bits per heavy atom. The summed E-state index contributed by atoms with van der Waals surface area (Å²) in [6.07, 6.45) is 0.233. The maximum atomic E-state index is 13.5. The Morgan fingerprint density at radius 1 is 1.21 bits per heavy atom. The molecule has 1 atom stereocenters. The van der Waals surface area contributed by atoms with Crippen LogP contribution in [0.25, 0.3) is 0 Å². The number of anilines is 1. The van der Waals surface area contributed by atoms with E-state index in [0.29, 0.717) is 35.3 Å². The van der Waals surface area contributed by atoms with Gasteiger partial charge < -0.3 is 14.2 Å². The first-order valence-electron chi connectivity index (χ1n) is 8.77. The molecule has 0 spiro atoms. The molecule has 1 aliphatic rings. The molecule has 6 nitrogen and oxygen atoms in total. The van der Waals surface area contributed by atoms with Gasteiger partial charge in [-0.15, -0.1) is 0 Å². The molecular formula is C20H17F2N3O3. The zero-order valence-corrected chi connectivity index (χ0v) is 15.1. The number of rotatable bonds is 5. The van der Waals surface area contributed by atoms with E-state index in [-0.39, 0.29) is 36.5 Å². The van der Waals surface area contributed by atoms with Crippen LogP contribution in [0.4, 0.5) is 14.5 Å². The van der Waals surface area contributed by atoms with Crippen LogP contribution in [-0.4, -0.2) is 22.6 Å². The van der Waals surface area contributed by atoms with Crippen molar-refractivity contribution in [3.05, 3.63) is 71.4 Å². The lowest BCUT2D eigenvalue weighted by Gasteiger charge is -2.16. The zero-order valence-electron chi connectivity index (χ0n) is 15.1. The molecule has 0 bridgehead atoms. The number of halogens is 2. The summed E-state index contributed by atoms with van der Waals surface area (Å²) in [6.45, 7) is 2.10. The minimum Gasteiger partial charge on any atom is -0.485 e. The van der Waals surface area contributed by atoms with Crippen molar-refractivity contribution in [2.24, 2.45) is 0 Å². The van der Waals surface area contributed by atoms with Crippen LogP contribution in [0.15, 0.2) is 47.0 Å². The molecule has 4 rings (SSSR count). The number of nitrogens with zero attached hydrogens (tertiary/aromatic N) is 3. The van der Waals surface area contributed by atoms with Crippen LogP contribution in [-0.2, 0) is 11.4 Å². The molecule has 144 valence electrons. The molecule has 0 radical (unpaired) electrons. The van der Waals surface area contributed by atoms with Crippen LogP contribution in [0, 0.1) is 18.6 Å². The highest BCUT2D eigenvalue weighted by Crippen LogP contribution is 2.31. The molecule has 0 saturated carbocycles. The van der Waals surface area contributed by atoms with E-state index in [1.54, 1.807) is 24.0 Å². The van der Waals surface area contributed by atoms with Crippen molar-refractivity contribution in [2.45, 2.75) is 25.9 Å². The van der Waals surface area contributed by atoms with E-state index in [1.165, 1.54) is 30.3 Å². The summed E-state index contributed by atoms with van der Waals surface area (Å²) < 4.78 is 37.2. The van der Waals surface area contributed by atoms with Gasteiger partial charge in [0.1, 0.15) is 17.4 Å². The molecule has 1 saturated heterocycles. The number of ether oxygens (including phenoxy) is 1. The molecule has 28 heavy (non-hydrogen) atoms. The second kappa shape index (κ2) is 7.38. The summed E-state index contributed by atoms with van der Waals surface area (Å²) in [5.74, 6) is 0.191. The van der Waals surface area contributed by atoms with Crippen molar-refractivity contribution in [1.82, 2.24) is 10.1 Å². The number of aromatic nitrogens is 2. The topological polar surface area (TPSA) is 68.5 Å². The Morgan fingerprint density at radius 2 is 2.00 bits per heavy atom. The van der Waals surface area contributed by atoms with Crippen molar-refractivity contribution < 1.29 is 22.8 Å². The Kier molecular flexibility index (Phi) is 4.77. The molecular weight excluding hydrogens is 368 g/mol. The third kappa shape index (κ3) is 3.71. The molecule has 0 N–H and O–H groups in total. The van der Waals surface area contributed by atoms with Crippen LogP contribution < -0.4 is 9.64 Å². The second-order valence-corrected chi connectivity index (χ2v) is 6.63. The third-order valence-corrected chi connectivity index (χ3v) is 4.59. The molecule has 1 aromatic heterocycles. The smallest absolute Gasteiger partial charge is 0.232 e. The number of benzene rings is 2. The van der Waals surface area contributed by atoms with E-state index in [9.17, 15) is 13.6 Å². The minimum absolute atomic E-state index is 0.0661. The Balaban J connectivity index is 1.42. The van der Waals surface area contributed by atoms with E-state index < -0.39 is 0 Å². The molecule has 1 amide bonds. The lowest BCUT2D eigenvalue weighted by molar-refractivity contribution is -0.117. The first kappa shape index (κ1) is 18.1. The van der Waals surface area contributed by atoms with Crippen molar-refractivity contribution in [1.29, 1.82) is 0 Å². The monoisotopic (exact) mass is 385 g/mol. The van der Waals surface area contributed by atoms with Gasteiger partial charge in [-0.25, -0.2) is 8.78 Å². The summed E-state index contributed by atoms with van der Waals surface area (Å²) in [7, 11) is 0. The molecule has 2 aromatic carbocycles. The summed E-state index contributed by atoms with van der Waals surface area (Å²) in [4.78, 5) is 18.3. The second-order valence-electron chi connectivity index (χ2n) is 6.63. The SMILES string of the molecule is Cc1cc(N2CC(c3nc(COc4ccc(F)cc4)no3)CC2=O)ccc1F. The molecule has 3 aromatic rings. The first-order chi connectivity index (χ1) is 13.5. The first-order valence-corrected chi connectivity index (χ1v) is 8.77. The van der Waals surface area contributed by atoms with E-state index in [0.717, 1.165) is 0 Å². The van der Waals surface area contributed by atoms with Crippen molar-refractivity contribution in [3.8, 4) is 5.75 Å². The van der Waals surface area contributed by atoms with Gasteiger partial charge in [0.15, 0.2) is 6.61 Å². The van der Waals surface area contributed by atoms with Crippen molar-refractivity contribution >= 4 is 11.6 Å². The van der Waals surface area contributed by atoms with Gasteiger partial charge >= 0.3 is 0 Å². The largest absolute Gasteiger partial charge is 0.485 e. The number of carbonyl (C=O) groups excluding carboxylic acids is 1. The Hall–Kier alpha value is -3.29. The predicted molar refractivity (Wildman–Crippen MR) is 95.9 cm³/mol. The van der Waals surface area contributed by atoms with Gasteiger partial charge in [-0.05, 0) is 55.0 Å². The minimum atomic E-state index is -0.346. The van der Waals surface area contributed by atoms with Gasteiger partial charge in [0, 0.05) is 18.7 Å². The number of hydrogen-bond donors (Lipinski definition) is 0. The van der Waals surface area contributed by atoms with Crippen LogP contribution in [0.3, 0.4) is 0 Å². The highest BCUT2D eigenvalue weighted by atomic mass is 19.1. The quantitative estimate of drug-likeness (QED) is 0.669. The normalized spacial score (nSPS) is 16.6. The van der Waals surface area contributed by atoms with E-state index >= 15 is 0 Å². The molecule has 2 heterocycles. The lowest BCUT2D eigenvalue weighted by atomic mass is 10.1. The number of carbonyl (C=O) groups is 1. The number of aryl methyl sites for hydroxylation is 1. The van der Waals surface area contributed by atoms with Crippen LogP contribution in [0.2, 0.25) is 0 Å². The summed E-state index contributed by atoms with van der Waals surface area (Å²) in [5.41, 5.74) is 1.12. The average Bonchev–Trinajstić information content (AvgIpc) is 3.30. The highest BCUT2D eigenvalue weighted by Gasteiger charge is 2.35. The molecule has 1 unspecified atom stereocenters. The van der Waals surface area contributed by atoms with Gasteiger partial charge in [0.2, 0.25) is 17.6 Å². The van der Waals surface area contributed by atoms with Gasteiger partial charge in [0.25, 0.3) is 0 Å². The van der Waals surface area contributed by atoms with Gasteiger partial charge in [-0.2, -0.15) is 4.98 Å². The number of amides is 1. The van der Waals surface area contributed by atoms with Crippen LogP contribution in [0.1, 0.15) is 29.6 Å². The number of hydrogen-bond acceptors (Lipinski definition) is 5. The molecule has 8 heteroatoms. The average molecular weight is 385 g/mol. The summed E-state index contributed by atoms with van der Waals surface area (Å²) in [5, 5.41) is 3.88. The van der Waals surface area contributed by atoms with Gasteiger partial charge in [-0.1, -0.05) is 5.16 Å². The standard InChI is InChI=1S/C20H17F2N3O3/c1-12-8-15(4-7-17(12)22)25-10-13(9-19(25)26)20-23-18(24-28-20)11-27-16-5-2-14(21)3-6-16/h2-8,13H,9-11H2,1H3. The van der Waals surface area contributed by atoms with Crippen LogP contribution in [0.5, 0.6) is 5.75 Å². The Bertz CT molecular complexity index is 1000. The van der Waals surface area contributed by atoms with E-state index in [2.05, 4.69) is 10.1 Å². The fourth-order valence-electron chi connectivity index (χ4n) is 3.09. The van der Waals surface area contributed by atoms with Crippen molar-refractivity contribution in [2.75, 3.05) is 11.4 Å².